The fourth-order valence-corrected chi connectivity index (χ4v) is 2.65. The zero-order chi connectivity index (χ0) is 13.4. The first-order chi connectivity index (χ1) is 9.19. The largest absolute Gasteiger partial charge is 0.493 e. The van der Waals surface area contributed by atoms with Crippen LogP contribution in [0.15, 0.2) is 18.3 Å². The van der Waals surface area contributed by atoms with Crippen molar-refractivity contribution in [3.8, 4) is 5.75 Å². The number of hydrogen-bond acceptors (Lipinski definition) is 4. The molecule has 0 spiro atoms. The molecular formula is C14H19N3O2. The first-order valence-electron chi connectivity index (χ1n) is 6.65. The van der Waals surface area contributed by atoms with Gasteiger partial charge in [0.15, 0.2) is 0 Å². The average molecular weight is 261 g/mol. The van der Waals surface area contributed by atoms with E-state index >= 15 is 0 Å². The van der Waals surface area contributed by atoms with Crippen molar-refractivity contribution in [2.45, 2.75) is 25.9 Å². The van der Waals surface area contributed by atoms with Gasteiger partial charge in [0, 0.05) is 29.5 Å². The molecule has 2 aromatic rings. The van der Waals surface area contributed by atoms with Crippen LogP contribution in [-0.2, 0) is 13.0 Å². The minimum Gasteiger partial charge on any atom is -0.493 e. The van der Waals surface area contributed by atoms with Crippen molar-refractivity contribution in [2.24, 2.45) is 11.7 Å². The van der Waals surface area contributed by atoms with E-state index < -0.39 is 0 Å². The van der Waals surface area contributed by atoms with Crippen LogP contribution >= 0.6 is 0 Å². The van der Waals surface area contributed by atoms with E-state index in [1.54, 1.807) is 0 Å². The topological polar surface area (TPSA) is 73.3 Å². The molecule has 0 radical (unpaired) electrons. The number of benzene rings is 1. The smallest absolute Gasteiger partial charge is 0.124 e. The molecule has 102 valence electrons. The third kappa shape index (κ3) is 2.19. The second-order valence-corrected chi connectivity index (χ2v) is 5.35. The molecule has 0 amide bonds. The maximum atomic E-state index is 9.33. The normalized spacial score (nSPS) is 20.1. The predicted molar refractivity (Wildman–Crippen MR) is 73.2 cm³/mol. The molecule has 0 saturated heterocycles. The number of aromatic nitrogens is 2. The van der Waals surface area contributed by atoms with Gasteiger partial charge in [-0.05, 0) is 25.5 Å². The minimum atomic E-state index is 0.0529. The third-order valence-corrected chi connectivity index (χ3v) is 3.55. The van der Waals surface area contributed by atoms with Crippen molar-refractivity contribution in [2.75, 3.05) is 13.2 Å². The van der Waals surface area contributed by atoms with Crippen LogP contribution in [0.1, 0.15) is 12.5 Å². The summed E-state index contributed by atoms with van der Waals surface area (Å²) < 4.78 is 7.68. The molecule has 2 heterocycles. The Morgan fingerprint density at radius 3 is 3.16 bits per heavy atom. The van der Waals surface area contributed by atoms with E-state index in [0.29, 0.717) is 13.2 Å². The highest BCUT2D eigenvalue weighted by molar-refractivity contribution is 5.84. The number of aliphatic hydroxyl groups excluding tert-OH is 1. The number of fused-ring (bicyclic) bond motifs is 3. The quantitative estimate of drug-likeness (QED) is 0.862. The van der Waals surface area contributed by atoms with Crippen LogP contribution in [0.25, 0.3) is 10.9 Å². The van der Waals surface area contributed by atoms with Crippen LogP contribution in [0.3, 0.4) is 0 Å². The number of rotatable bonds is 3. The van der Waals surface area contributed by atoms with Crippen LogP contribution in [0.5, 0.6) is 5.75 Å². The van der Waals surface area contributed by atoms with Crippen LogP contribution in [-0.4, -0.2) is 34.1 Å². The van der Waals surface area contributed by atoms with Gasteiger partial charge < -0.3 is 15.6 Å². The maximum Gasteiger partial charge on any atom is 0.124 e. The Morgan fingerprint density at radius 2 is 2.42 bits per heavy atom. The Bertz CT molecular complexity index is 592. The molecule has 0 aliphatic carbocycles. The molecule has 1 aliphatic rings. The molecular weight excluding hydrogens is 242 g/mol. The van der Waals surface area contributed by atoms with Gasteiger partial charge in [-0.25, -0.2) is 0 Å². The molecule has 0 saturated carbocycles. The average Bonchev–Trinajstić information content (AvgIpc) is 2.81. The Kier molecular flexibility index (Phi) is 3.16. The van der Waals surface area contributed by atoms with Crippen molar-refractivity contribution >= 4 is 10.9 Å². The van der Waals surface area contributed by atoms with Gasteiger partial charge in [-0.2, -0.15) is 5.10 Å². The molecule has 3 rings (SSSR count). The summed E-state index contributed by atoms with van der Waals surface area (Å²) in [6.45, 7) is 3.38. The van der Waals surface area contributed by atoms with E-state index in [1.807, 2.05) is 29.9 Å². The molecule has 0 bridgehead atoms. The monoisotopic (exact) mass is 261 g/mol. The highest BCUT2D eigenvalue weighted by Gasteiger charge is 2.23. The zero-order valence-electron chi connectivity index (χ0n) is 11.0. The van der Waals surface area contributed by atoms with Crippen LogP contribution < -0.4 is 10.5 Å². The Labute approximate surface area is 112 Å². The first kappa shape index (κ1) is 12.4. The summed E-state index contributed by atoms with van der Waals surface area (Å²) in [6, 6.07) is 4.07. The van der Waals surface area contributed by atoms with Crippen LogP contribution in [0.2, 0.25) is 0 Å². The fourth-order valence-electron chi connectivity index (χ4n) is 2.65. The van der Waals surface area contributed by atoms with Gasteiger partial charge in [-0.1, -0.05) is 0 Å². The number of nitrogens with zero attached hydrogens (tertiary/aromatic N) is 2. The van der Waals surface area contributed by atoms with Crippen molar-refractivity contribution in [3.63, 3.8) is 0 Å². The number of ether oxygens (including phenoxy) is 1. The lowest BCUT2D eigenvalue weighted by Gasteiger charge is -2.25. The standard InChI is InChI=1S/C14H19N3O2/c1-9(15)6-17-14-11(5-16-17)2-3-13-12(14)4-10(7-18)8-19-13/h2-3,5,9-10,18H,4,6-8,15H2,1H3. The van der Waals surface area contributed by atoms with Gasteiger partial charge in [0.2, 0.25) is 0 Å². The van der Waals surface area contributed by atoms with Gasteiger partial charge in [0.1, 0.15) is 5.75 Å². The minimum absolute atomic E-state index is 0.0529. The van der Waals surface area contributed by atoms with Crippen molar-refractivity contribution < 1.29 is 9.84 Å². The van der Waals surface area contributed by atoms with E-state index in [0.717, 1.165) is 28.6 Å². The van der Waals surface area contributed by atoms with Gasteiger partial charge in [-0.15, -0.1) is 0 Å². The maximum absolute atomic E-state index is 9.33. The molecule has 2 atom stereocenters. The molecule has 5 nitrogen and oxygen atoms in total. The summed E-state index contributed by atoms with van der Waals surface area (Å²) in [6.07, 6.45) is 2.69. The lowest BCUT2D eigenvalue weighted by atomic mass is 9.95. The highest BCUT2D eigenvalue weighted by atomic mass is 16.5. The highest BCUT2D eigenvalue weighted by Crippen LogP contribution is 2.33. The Balaban J connectivity index is 2.11. The number of aliphatic hydroxyl groups is 1. The van der Waals surface area contributed by atoms with Crippen LogP contribution in [0, 0.1) is 5.92 Å². The SMILES string of the molecule is CC(N)Cn1ncc2ccc3c(c21)CC(CO)CO3. The molecule has 1 aliphatic heterocycles. The number of nitrogens with two attached hydrogens (primary N) is 1. The van der Waals surface area contributed by atoms with Crippen molar-refractivity contribution in [1.82, 2.24) is 9.78 Å². The van der Waals surface area contributed by atoms with Gasteiger partial charge in [-0.3, -0.25) is 4.68 Å². The summed E-state index contributed by atoms with van der Waals surface area (Å²) >= 11 is 0. The van der Waals surface area contributed by atoms with E-state index in [1.165, 1.54) is 0 Å². The lowest BCUT2D eigenvalue weighted by Crippen LogP contribution is -2.26. The second kappa shape index (κ2) is 4.83. The van der Waals surface area contributed by atoms with Crippen LogP contribution in [0.4, 0.5) is 0 Å². The Hall–Kier alpha value is -1.59. The van der Waals surface area contributed by atoms with E-state index in [-0.39, 0.29) is 18.6 Å². The lowest BCUT2D eigenvalue weighted by molar-refractivity contribution is 0.147. The van der Waals surface area contributed by atoms with Gasteiger partial charge in [0.05, 0.1) is 24.9 Å². The van der Waals surface area contributed by atoms with E-state index in [2.05, 4.69) is 5.10 Å². The number of hydrogen-bond donors (Lipinski definition) is 2. The van der Waals surface area contributed by atoms with Crippen molar-refractivity contribution in [1.29, 1.82) is 0 Å². The summed E-state index contributed by atoms with van der Waals surface area (Å²) in [4.78, 5) is 0. The molecule has 19 heavy (non-hydrogen) atoms. The molecule has 0 fully saturated rings. The molecule has 1 aromatic heterocycles. The molecule has 1 aromatic carbocycles. The van der Waals surface area contributed by atoms with Crippen molar-refractivity contribution in [3.05, 3.63) is 23.9 Å². The summed E-state index contributed by atoms with van der Waals surface area (Å²) in [5.74, 6) is 1.07. The predicted octanol–water partition coefficient (Wildman–Crippen LogP) is 0.927. The van der Waals surface area contributed by atoms with Gasteiger partial charge in [0.25, 0.3) is 0 Å². The summed E-state index contributed by atoms with van der Waals surface area (Å²) in [7, 11) is 0. The summed E-state index contributed by atoms with van der Waals surface area (Å²) in [5, 5.41) is 14.8. The third-order valence-electron chi connectivity index (χ3n) is 3.55. The molecule has 2 unspecified atom stereocenters. The first-order valence-corrected chi connectivity index (χ1v) is 6.65. The molecule has 5 heteroatoms. The summed E-state index contributed by atoms with van der Waals surface area (Å²) in [5.41, 5.74) is 8.10. The Morgan fingerprint density at radius 1 is 1.58 bits per heavy atom. The molecule has 3 N–H and O–H groups in total. The fraction of sp³-hybridized carbons (Fsp3) is 0.500. The van der Waals surface area contributed by atoms with Gasteiger partial charge >= 0.3 is 0 Å². The zero-order valence-corrected chi connectivity index (χ0v) is 11.0. The van der Waals surface area contributed by atoms with E-state index in [9.17, 15) is 5.11 Å². The second-order valence-electron chi connectivity index (χ2n) is 5.35. The van der Waals surface area contributed by atoms with E-state index in [4.69, 9.17) is 10.5 Å².